The highest BCUT2D eigenvalue weighted by Gasteiger charge is 2.25. The number of allylic oxidation sites excluding steroid dienone is 6. The number of rotatable bonds is 4. The molecule has 1 heterocycles. The standard InChI is InChI=1S/C36H28N2/c1-4-25-26(5-2)31(36-37-33-16-10-11-17-34(33)38(36)3)21-20-29(25)32-22-24-19-18-23-12-6-7-13-27(23)35(24)30-15-9-8-14-28(30)32/h4-19,22H,1-2,20-21H2,3H3. The van der Waals surface area contributed by atoms with Gasteiger partial charge in [-0.15, -0.1) is 0 Å². The van der Waals surface area contributed by atoms with Gasteiger partial charge in [0.15, 0.2) is 0 Å². The van der Waals surface area contributed by atoms with Crippen LogP contribution in [0.5, 0.6) is 0 Å². The minimum atomic E-state index is 0.898. The van der Waals surface area contributed by atoms with Crippen LogP contribution in [0.3, 0.4) is 0 Å². The predicted molar refractivity (Wildman–Crippen MR) is 163 cm³/mol. The van der Waals surface area contributed by atoms with Crippen molar-refractivity contribution in [3.63, 3.8) is 0 Å². The molecule has 0 spiro atoms. The molecule has 0 atom stereocenters. The van der Waals surface area contributed by atoms with Gasteiger partial charge in [-0.2, -0.15) is 0 Å². The molecule has 5 aromatic carbocycles. The van der Waals surface area contributed by atoms with Gasteiger partial charge in [-0.3, -0.25) is 0 Å². The Morgan fingerprint density at radius 1 is 0.684 bits per heavy atom. The molecule has 6 aromatic rings. The van der Waals surface area contributed by atoms with Crippen LogP contribution in [0.4, 0.5) is 0 Å². The molecule has 0 N–H and O–H groups in total. The van der Waals surface area contributed by atoms with Crippen LogP contribution in [0, 0.1) is 0 Å². The van der Waals surface area contributed by atoms with E-state index in [1.165, 1.54) is 49.0 Å². The summed E-state index contributed by atoms with van der Waals surface area (Å²) in [5.41, 5.74) is 8.27. The van der Waals surface area contributed by atoms with Crippen molar-refractivity contribution in [3.8, 4) is 0 Å². The highest BCUT2D eigenvalue weighted by molar-refractivity contribution is 6.22. The summed E-state index contributed by atoms with van der Waals surface area (Å²) in [5.74, 6) is 1.01. The van der Waals surface area contributed by atoms with E-state index in [9.17, 15) is 0 Å². The lowest BCUT2D eigenvalue weighted by Crippen LogP contribution is -2.07. The minimum absolute atomic E-state index is 0.898. The van der Waals surface area contributed by atoms with Crippen molar-refractivity contribution >= 4 is 54.5 Å². The Bertz CT molecular complexity index is 2010. The zero-order valence-electron chi connectivity index (χ0n) is 21.5. The summed E-state index contributed by atoms with van der Waals surface area (Å²) in [4.78, 5) is 5.02. The third-order valence-corrected chi connectivity index (χ3v) is 8.10. The van der Waals surface area contributed by atoms with Crippen LogP contribution in [0.2, 0.25) is 0 Å². The third kappa shape index (κ3) is 3.23. The zero-order valence-corrected chi connectivity index (χ0v) is 21.5. The van der Waals surface area contributed by atoms with Gasteiger partial charge < -0.3 is 4.57 Å². The van der Waals surface area contributed by atoms with Crippen LogP contribution >= 0.6 is 0 Å². The molecule has 182 valence electrons. The molecule has 38 heavy (non-hydrogen) atoms. The number of para-hydroxylation sites is 2. The van der Waals surface area contributed by atoms with Crippen molar-refractivity contribution in [1.82, 2.24) is 9.55 Å². The molecule has 0 radical (unpaired) electrons. The van der Waals surface area contributed by atoms with Gasteiger partial charge >= 0.3 is 0 Å². The number of hydrogen-bond acceptors (Lipinski definition) is 1. The van der Waals surface area contributed by atoms with Crippen LogP contribution < -0.4 is 0 Å². The molecule has 1 aromatic heterocycles. The summed E-state index contributed by atoms with van der Waals surface area (Å²) in [6.45, 7) is 8.51. The Hall–Kier alpha value is -4.69. The lowest BCUT2D eigenvalue weighted by Gasteiger charge is -2.25. The molecule has 7 rings (SSSR count). The molecule has 0 saturated carbocycles. The van der Waals surface area contributed by atoms with E-state index < -0.39 is 0 Å². The average molecular weight is 489 g/mol. The fraction of sp³-hybridized carbons (Fsp3) is 0.0833. The molecule has 0 saturated heterocycles. The number of benzene rings is 5. The van der Waals surface area contributed by atoms with Crippen LogP contribution in [0.25, 0.3) is 54.5 Å². The van der Waals surface area contributed by atoms with E-state index >= 15 is 0 Å². The lowest BCUT2D eigenvalue weighted by atomic mass is 9.80. The number of aryl methyl sites for hydroxylation is 1. The Kier molecular flexibility index (Phi) is 5.16. The summed E-state index contributed by atoms with van der Waals surface area (Å²) < 4.78 is 2.20. The first kappa shape index (κ1) is 22.5. The second-order valence-electron chi connectivity index (χ2n) is 10.0. The molecule has 0 aliphatic heterocycles. The maximum Gasteiger partial charge on any atom is 0.137 e. The summed E-state index contributed by atoms with van der Waals surface area (Å²) in [6, 6.07) is 32.7. The molecular formula is C36H28N2. The molecule has 0 bridgehead atoms. The summed E-state index contributed by atoms with van der Waals surface area (Å²) in [5, 5.41) is 7.71. The number of fused-ring (bicyclic) bond motifs is 6. The van der Waals surface area contributed by atoms with Gasteiger partial charge in [-0.1, -0.05) is 98.1 Å². The first-order chi connectivity index (χ1) is 18.7. The van der Waals surface area contributed by atoms with E-state index in [1.807, 2.05) is 18.2 Å². The third-order valence-electron chi connectivity index (χ3n) is 8.10. The Labute approximate surface area is 222 Å². The van der Waals surface area contributed by atoms with E-state index in [-0.39, 0.29) is 0 Å². The summed E-state index contributed by atoms with van der Waals surface area (Å²) in [7, 11) is 2.10. The predicted octanol–water partition coefficient (Wildman–Crippen LogP) is 9.41. The van der Waals surface area contributed by atoms with Crippen molar-refractivity contribution in [3.05, 3.63) is 139 Å². The highest BCUT2D eigenvalue weighted by Crippen LogP contribution is 2.45. The average Bonchev–Trinajstić information content (AvgIpc) is 3.31. The van der Waals surface area contributed by atoms with Crippen molar-refractivity contribution in [2.24, 2.45) is 7.05 Å². The van der Waals surface area contributed by atoms with Gasteiger partial charge in [0.1, 0.15) is 5.82 Å². The smallest absolute Gasteiger partial charge is 0.137 e. The highest BCUT2D eigenvalue weighted by atomic mass is 15.1. The van der Waals surface area contributed by atoms with Crippen molar-refractivity contribution in [2.75, 3.05) is 0 Å². The molecular weight excluding hydrogens is 460 g/mol. The maximum absolute atomic E-state index is 5.02. The quantitative estimate of drug-likeness (QED) is 0.226. The SMILES string of the molecule is C=CC1=C(c2cc3ccc4ccccc4c3c3ccccc23)CCC(c2nc3ccccc3n2C)=C1C=C. The topological polar surface area (TPSA) is 17.8 Å². The van der Waals surface area contributed by atoms with Crippen molar-refractivity contribution in [1.29, 1.82) is 0 Å². The molecule has 0 fully saturated rings. The molecule has 2 heteroatoms. The molecule has 1 aliphatic carbocycles. The van der Waals surface area contributed by atoms with E-state index in [0.29, 0.717) is 0 Å². The van der Waals surface area contributed by atoms with Crippen molar-refractivity contribution in [2.45, 2.75) is 12.8 Å². The van der Waals surface area contributed by atoms with Crippen LogP contribution in [-0.4, -0.2) is 9.55 Å². The first-order valence-corrected chi connectivity index (χ1v) is 13.2. The van der Waals surface area contributed by atoms with Gasteiger partial charge in [0.05, 0.1) is 11.0 Å². The minimum Gasteiger partial charge on any atom is -0.327 e. The van der Waals surface area contributed by atoms with Crippen LogP contribution in [0.15, 0.2) is 127 Å². The second kappa shape index (κ2) is 8.71. The zero-order chi connectivity index (χ0) is 25.8. The van der Waals surface area contributed by atoms with E-state index in [2.05, 4.69) is 110 Å². The molecule has 1 aliphatic rings. The van der Waals surface area contributed by atoms with Crippen molar-refractivity contribution < 1.29 is 0 Å². The maximum atomic E-state index is 5.02. The second-order valence-corrected chi connectivity index (χ2v) is 10.0. The Balaban J connectivity index is 1.52. The number of hydrogen-bond donors (Lipinski definition) is 0. The van der Waals surface area contributed by atoms with Crippen LogP contribution in [0.1, 0.15) is 24.2 Å². The monoisotopic (exact) mass is 488 g/mol. The largest absolute Gasteiger partial charge is 0.327 e. The summed E-state index contributed by atoms with van der Waals surface area (Å²) >= 11 is 0. The molecule has 2 nitrogen and oxygen atoms in total. The van der Waals surface area contributed by atoms with Gasteiger partial charge in [0.2, 0.25) is 0 Å². The lowest BCUT2D eigenvalue weighted by molar-refractivity contribution is 0.896. The first-order valence-electron chi connectivity index (χ1n) is 13.2. The van der Waals surface area contributed by atoms with Gasteiger partial charge in [0, 0.05) is 12.6 Å². The normalized spacial score (nSPS) is 14.2. The number of aromatic nitrogens is 2. The summed E-state index contributed by atoms with van der Waals surface area (Å²) in [6.07, 6.45) is 5.81. The Morgan fingerprint density at radius 2 is 1.32 bits per heavy atom. The molecule has 0 unspecified atom stereocenters. The van der Waals surface area contributed by atoms with Gasteiger partial charge in [-0.05, 0) is 85.6 Å². The van der Waals surface area contributed by atoms with Gasteiger partial charge in [-0.25, -0.2) is 4.98 Å². The molecule has 0 amide bonds. The van der Waals surface area contributed by atoms with E-state index in [4.69, 9.17) is 4.98 Å². The van der Waals surface area contributed by atoms with Gasteiger partial charge in [0.25, 0.3) is 0 Å². The Morgan fingerprint density at radius 3 is 2.11 bits per heavy atom. The van der Waals surface area contributed by atoms with Crippen LogP contribution in [-0.2, 0) is 7.05 Å². The number of nitrogens with zero attached hydrogens (tertiary/aromatic N) is 2. The fourth-order valence-electron chi connectivity index (χ4n) is 6.37. The van der Waals surface area contributed by atoms with E-state index in [1.54, 1.807) is 0 Å². The fourth-order valence-corrected chi connectivity index (χ4v) is 6.37. The number of imidazole rings is 1. The van der Waals surface area contributed by atoms with E-state index in [0.717, 1.165) is 40.8 Å².